The normalized spacial score (nSPS) is 22.6. The number of rotatable bonds is 4. The lowest BCUT2D eigenvalue weighted by Gasteiger charge is -2.33. The molecule has 3 aliphatic rings. The molecule has 1 aromatic rings. The van der Waals surface area contributed by atoms with Crippen LogP contribution in [0.2, 0.25) is 0 Å². The van der Waals surface area contributed by atoms with Crippen LogP contribution in [0.5, 0.6) is 0 Å². The number of quaternary nitrogens is 1. The van der Waals surface area contributed by atoms with Crippen LogP contribution in [0.25, 0.3) is 0 Å². The molecule has 1 aliphatic carbocycles. The van der Waals surface area contributed by atoms with Crippen molar-refractivity contribution in [2.45, 2.75) is 51.0 Å². The molecule has 0 radical (unpaired) electrons. The summed E-state index contributed by atoms with van der Waals surface area (Å²) in [4.78, 5) is 29.4. The first-order valence-corrected chi connectivity index (χ1v) is 11.6. The molecule has 156 valence electrons. The smallest absolute Gasteiger partial charge is 0.280 e. The number of nitrogens with zero attached hydrogens (tertiary/aromatic N) is 2. The van der Waals surface area contributed by atoms with E-state index in [0.717, 1.165) is 62.2 Å². The quantitative estimate of drug-likeness (QED) is 0.708. The van der Waals surface area contributed by atoms with E-state index in [9.17, 15) is 14.9 Å². The van der Waals surface area contributed by atoms with Gasteiger partial charge in [0.15, 0.2) is 6.54 Å². The highest BCUT2D eigenvalue weighted by atomic mass is 32.1. The Bertz CT molecular complexity index is 802. The lowest BCUT2D eigenvalue weighted by atomic mass is 10.1. The molecule has 2 saturated heterocycles. The molecule has 0 spiro atoms. The average molecular weight is 418 g/mol. The fourth-order valence-electron chi connectivity index (χ4n) is 4.54. The van der Waals surface area contributed by atoms with Gasteiger partial charge in [-0.1, -0.05) is 6.42 Å². The molecule has 4 rings (SSSR count). The van der Waals surface area contributed by atoms with E-state index in [0.29, 0.717) is 31.8 Å². The van der Waals surface area contributed by atoms with Gasteiger partial charge >= 0.3 is 0 Å². The van der Waals surface area contributed by atoms with E-state index in [-0.39, 0.29) is 17.9 Å². The molecular formula is C21H29N4O3S+. The fourth-order valence-corrected chi connectivity index (χ4v) is 5.80. The monoisotopic (exact) mass is 417 g/mol. The average Bonchev–Trinajstić information content (AvgIpc) is 3.31. The summed E-state index contributed by atoms with van der Waals surface area (Å²) < 4.78 is 5.50. The van der Waals surface area contributed by atoms with E-state index in [1.54, 1.807) is 11.3 Å². The van der Waals surface area contributed by atoms with Crippen molar-refractivity contribution in [3.63, 3.8) is 0 Å². The summed E-state index contributed by atoms with van der Waals surface area (Å²) in [6.07, 6.45) is 6.94. The highest BCUT2D eigenvalue weighted by Gasteiger charge is 2.32. The molecule has 7 nitrogen and oxygen atoms in total. The zero-order valence-electron chi connectivity index (χ0n) is 16.8. The van der Waals surface area contributed by atoms with Gasteiger partial charge in [0.05, 0.1) is 31.7 Å². The Balaban J connectivity index is 1.30. The van der Waals surface area contributed by atoms with Gasteiger partial charge in [0, 0.05) is 11.5 Å². The SMILES string of the molecule is N#Cc1c(NC(=O)C[NH+]2CCN(C(=O)[C@@H]3CCCO3)CC2)sc2c1CCCCC2. The Kier molecular flexibility index (Phi) is 6.48. The molecular weight excluding hydrogens is 388 g/mol. The molecule has 0 bridgehead atoms. The number of aryl methyl sites for hydroxylation is 1. The van der Waals surface area contributed by atoms with Crippen molar-refractivity contribution in [2.24, 2.45) is 0 Å². The van der Waals surface area contributed by atoms with E-state index in [1.165, 1.54) is 16.2 Å². The Labute approximate surface area is 175 Å². The van der Waals surface area contributed by atoms with E-state index in [2.05, 4.69) is 11.4 Å². The number of ether oxygens (including phenoxy) is 1. The number of amides is 2. The topological polar surface area (TPSA) is 86.9 Å². The van der Waals surface area contributed by atoms with Crippen LogP contribution in [0.4, 0.5) is 5.00 Å². The molecule has 1 aromatic heterocycles. The molecule has 0 unspecified atom stereocenters. The van der Waals surface area contributed by atoms with Crippen molar-refractivity contribution in [1.29, 1.82) is 5.26 Å². The largest absolute Gasteiger partial charge is 0.368 e. The summed E-state index contributed by atoms with van der Waals surface area (Å²) in [7, 11) is 0. The van der Waals surface area contributed by atoms with Gasteiger partial charge in [-0.2, -0.15) is 5.26 Å². The van der Waals surface area contributed by atoms with Gasteiger partial charge in [-0.25, -0.2) is 0 Å². The maximum Gasteiger partial charge on any atom is 0.280 e. The number of fused-ring (bicyclic) bond motifs is 1. The molecule has 2 fully saturated rings. The van der Waals surface area contributed by atoms with Gasteiger partial charge in [-0.05, 0) is 44.1 Å². The zero-order valence-corrected chi connectivity index (χ0v) is 17.6. The van der Waals surface area contributed by atoms with Crippen molar-refractivity contribution >= 4 is 28.2 Å². The van der Waals surface area contributed by atoms with Gasteiger partial charge < -0.3 is 19.9 Å². The third kappa shape index (κ3) is 4.63. The van der Waals surface area contributed by atoms with E-state index in [1.807, 2.05) is 4.90 Å². The molecule has 0 saturated carbocycles. The minimum absolute atomic E-state index is 0.0492. The standard InChI is InChI=1S/C21H28N4O3S/c22-13-16-15-5-2-1-3-7-18(15)29-20(16)23-19(26)14-24-8-10-25(11-9-24)21(27)17-6-4-12-28-17/h17H,1-12,14H2,(H,23,26)/p+1/t17-/m0/s1. The van der Waals surface area contributed by atoms with Crippen LogP contribution < -0.4 is 10.2 Å². The third-order valence-electron chi connectivity index (χ3n) is 6.18. The molecule has 2 aliphatic heterocycles. The van der Waals surface area contributed by atoms with E-state index in [4.69, 9.17) is 4.74 Å². The van der Waals surface area contributed by atoms with Gasteiger partial charge in [0.1, 0.15) is 17.2 Å². The number of carbonyl (C=O) groups is 2. The minimum atomic E-state index is -0.265. The number of anilines is 1. The maximum absolute atomic E-state index is 12.6. The van der Waals surface area contributed by atoms with Crippen LogP contribution in [0, 0.1) is 11.3 Å². The summed E-state index contributed by atoms with van der Waals surface area (Å²) in [5.74, 6) is 0.0524. The molecule has 1 atom stereocenters. The van der Waals surface area contributed by atoms with Crippen LogP contribution >= 0.6 is 11.3 Å². The van der Waals surface area contributed by atoms with Gasteiger partial charge in [0.25, 0.3) is 11.8 Å². The molecule has 8 heteroatoms. The van der Waals surface area contributed by atoms with Gasteiger partial charge in [-0.15, -0.1) is 11.3 Å². The highest BCUT2D eigenvalue weighted by Crippen LogP contribution is 2.36. The highest BCUT2D eigenvalue weighted by molar-refractivity contribution is 7.16. The minimum Gasteiger partial charge on any atom is -0.368 e. The maximum atomic E-state index is 12.6. The number of nitriles is 1. The van der Waals surface area contributed by atoms with Crippen molar-refractivity contribution in [3.8, 4) is 6.07 Å². The van der Waals surface area contributed by atoms with Crippen LogP contribution in [-0.4, -0.2) is 62.1 Å². The second-order valence-electron chi connectivity index (χ2n) is 8.18. The van der Waals surface area contributed by atoms with Crippen molar-refractivity contribution in [1.82, 2.24) is 4.90 Å². The second-order valence-corrected chi connectivity index (χ2v) is 9.29. The summed E-state index contributed by atoms with van der Waals surface area (Å²) in [5.41, 5.74) is 1.82. The van der Waals surface area contributed by atoms with E-state index < -0.39 is 0 Å². The fraction of sp³-hybridized carbons (Fsp3) is 0.667. The van der Waals surface area contributed by atoms with Gasteiger partial charge in [-0.3, -0.25) is 9.59 Å². The summed E-state index contributed by atoms with van der Waals surface area (Å²) >= 11 is 1.58. The molecule has 0 aromatic carbocycles. The first-order valence-electron chi connectivity index (χ1n) is 10.7. The number of thiophene rings is 1. The number of piperazine rings is 1. The lowest BCUT2D eigenvalue weighted by Crippen LogP contribution is -3.15. The van der Waals surface area contributed by atoms with E-state index >= 15 is 0 Å². The first-order chi connectivity index (χ1) is 14.2. The second kappa shape index (κ2) is 9.24. The zero-order chi connectivity index (χ0) is 20.2. The summed E-state index contributed by atoms with van der Waals surface area (Å²) in [6, 6.07) is 2.32. The third-order valence-corrected chi connectivity index (χ3v) is 7.39. The number of carbonyl (C=O) groups excluding carboxylic acids is 2. The predicted molar refractivity (Wildman–Crippen MR) is 110 cm³/mol. The summed E-state index contributed by atoms with van der Waals surface area (Å²) in [6.45, 7) is 3.90. The first kappa shape index (κ1) is 20.3. The number of hydrogen-bond acceptors (Lipinski definition) is 5. The van der Waals surface area contributed by atoms with Gasteiger partial charge in [0.2, 0.25) is 0 Å². The molecule has 3 heterocycles. The molecule has 2 N–H and O–H groups in total. The molecule has 2 amide bonds. The molecule has 29 heavy (non-hydrogen) atoms. The van der Waals surface area contributed by atoms with Crippen LogP contribution in [-0.2, 0) is 27.2 Å². The summed E-state index contributed by atoms with van der Waals surface area (Å²) in [5, 5.41) is 13.3. The Morgan fingerprint density at radius 1 is 1.21 bits per heavy atom. The Morgan fingerprint density at radius 2 is 2.00 bits per heavy atom. The number of hydrogen-bond donors (Lipinski definition) is 2. The van der Waals surface area contributed by atoms with Crippen LogP contribution in [0.3, 0.4) is 0 Å². The Morgan fingerprint density at radius 3 is 2.72 bits per heavy atom. The van der Waals surface area contributed by atoms with Crippen molar-refractivity contribution in [2.75, 3.05) is 44.6 Å². The number of nitrogens with one attached hydrogen (secondary N) is 2. The lowest BCUT2D eigenvalue weighted by molar-refractivity contribution is -0.895. The predicted octanol–water partition coefficient (Wildman–Crippen LogP) is 0.733. The van der Waals surface area contributed by atoms with Crippen molar-refractivity contribution < 1.29 is 19.2 Å². The Hall–Kier alpha value is -1.95. The van der Waals surface area contributed by atoms with Crippen LogP contribution in [0.15, 0.2) is 0 Å². The van der Waals surface area contributed by atoms with Crippen molar-refractivity contribution in [3.05, 3.63) is 16.0 Å². The van der Waals surface area contributed by atoms with Crippen LogP contribution in [0.1, 0.15) is 48.1 Å².